The third-order valence-electron chi connectivity index (χ3n) is 2.38. The van der Waals surface area contributed by atoms with Gasteiger partial charge in [0, 0.05) is 13.1 Å². The summed E-state index contributed by atoms with van der Waals surface area (Å²) in [5.74, 6) is 2.47. The Labute approximate surface area is 115 Å². The van der Waals surface area contributed by atoms with E-state index in [0.717, 1.165) is 30.5 Å². The molecule has 0 fully saturated rings. The number of hydrogen-bond donors (Lipinski definition) is 2. The zero-order valence-electron chi connectivity index (χ0n) is 11.9. The number of ether oxygens (including phenoxy) is 2. The highest BCUT2D eigenvalue weighted by Gasteiger charge is 1.96. The molecule has 0 heterocycles. The van der Waals surface area contributed by atoms with Crippen molar-refractivity contribution in [3.63, 3.8) is 0 Å². The maximum absolute atomic E-state index is 5.59. The van der Waals surface area contributed by atoms with E-state index in [2.05, 4.69) is 15.6 Å². The molecule has 2 N–H and O–H groups in total. The molecule has 0 radical (unpaired) electrons. The number of rotatable bonds is 7. The molecular weight excluding hydrogens is 242 g/mol. The quantitative estimate of drug-likeness (QED) is 0.447. The Morgan fingerprint density at radius 3 is 2.16 bits per heavy atom. The fraction of sp³-hybridized carbons (Fsp3) is 0.500. The maximum atomic E-state index is 5.59. The van der Waals surface area contributed by atoms with Crippen LogP contribution in [0.5, 0.6) is 11.5 Å². The van der Waals surface area contributed by atoms with Gasteiger partial charge in [0.25, 0.3) is 0 Å². The molecule has 5 nitrogen and oxygen atoms in total. The van der Waals surface area contributed by atoms with Crippen molar-refractivity contribution in [2.24, 2.45) is 4.99 Å². The Hall–Kier alpha value is -1.91. The summed E-state index contributed by atoms with van der Waals surface area (Å²) in [6.07, 6.45) is 0. The minimum absolute atomic E-state index is 0.548. The first-order valence-corrected chi connectivity index (χ1v) is 6.59. The van der Waals surface area contributed by atoms with Gasteiger partial charge in [-0.3, -0.25) is 0 Å². The van der Waals surface area contributed by atoms with E-state index in [4.69, 9.17) is 9.47 Å². The minimum atomic E-state index is 0.548. The van der Waals surface area contributed by atoms with E-state index in [9.17, 15) is 0 Å². The molecule has 0 aliphatic heterocycles. The largest absolute Gasteiger partial charge is 0.497 e. The van der Waals surface area contributed by atoms with Gasteiger partial charge in [-0.2, -0.15) is 0 Å². The van der Waals surface area contributed by atoms with E-state index in [-0.39, 0.29) is 0 Å². The molecule has 19 heavy (non-hydrogen) atoms. The van der Waals surface area contributed by atoms with E-state index >= 15 is 0 Å². The van der Waals surface area contributed by atoms with E-state index < -0.39 is 0 Å². The Kier molecular flexibility index (Phi) is 7.24. The second kappa shape index (κ2) is 9.08. The number of aliphatic imine (C=N–C) groups is 1. The summed E-state index contributed by atoms with van der Waals surface area (Å²) in [5, 5.41) is 6.33. The van der Waals surface area contributed by atoms with Gasteiger partial charge < -0.3 is 20.1 Å². The Morgan fingerprint density at radius 2 is 1.63 bits per heavy atom. The summed E-state index contributed by atoms with van der Waals surface area (Å²) in [6.45, 7) is 6.95. The molecule has 0 atom stereocenters. The SMILES string of the molecule is CCNC(=NCCOc1ccc(OC)cc1)NCC. The summed E-state index contributed by atoms with van der Waals surface area (Å²) < 4.78 is 10.7. The average molecular weight is 265 g/mol. The average Bonchev–Trinajstić information content (AvgIpc) is 2.44. The molecule has 0 amide bonds. The number of nitrogens with zero attached hydrogens (tertiary/aromatic N) is 1. The summed E-state index contributed by atoms with van der Waals surface area (Å²) in [7, 11) is 1.65. The maximum Gasteiger partial charge on any atom is 0.191 e. The smallest absolute Gasteiger partial charge is 0.191 e. The van der Waals surface area contributed by atoms with Gasteiger partial charge in [0.1, 0.15) is 18.1 Å². The topological polar surface area (TPSA) is 54.9 Å². The van der Waals surface area contributed by atoms with Gasteiger partial charge in [-0.05, 0) is 38.1 Å². The van der Waals surface area contributed by atoms with Crippen LogP contribution in [-0.2, 0) is 0 Å². The molecule has 1 aromatic rings. The van der Waals surface area contributed by atoms with Crippen LogP contribution in [0.3, 0.4) is 0 Å². The van der Waals surface area contributed by atoms with Crippen LogP contribution in [-0.4, -0.2) is 39.3 Å². The zero-order valence-corrected chi connectivity index (χ0v) is 11.9. The lowest BCUT2D eigenvalue weighted by molar-refractivity contribution is 0.327. The van der Waals surface area contributed by atoms with Gasteiger partial charge in [-0.25, -0.2) is 4.99 Å². The second-order valence-corrected chi connectivity index (χ2v) is 3.81. The Morgan fingerprint density at radius 1 is 1.05 bits per heavy atom. The predicted molar refractivity (Wildman–Crippen MR) is 78.1 cm³/mol. The molecule has 0 saturated heterocycles. The second-order valence-electron chi connectivity index (χ2n) is 3.81. The first-order chi connectivity index (χ1) is 9.30. The molecule has 0 aliphatic rings. The molecular formula is C14H23N3O2. The van der Waals surface area contributed by atoms with Gasteiger partial charge >= 0.3 is 0 Å². The standard InChI is InChI=1S/C14H23N3O2/c1-4-15-14(16-5-2)17-10-11-19-13-8-6-12(18-3)7-9-13/h6-9H,4-5,10-11H2,1-3H3,(H2,15,16,17). The first-order valence-electron chi connectivity index (χ1n) is 6.59. The summed E-state index contributed by atoms with van der Waals surface area (Å²) in [5.41, 5.74) is 0. The highest BCUT2D eigenvalue weighted by Crippen LogP contribution is 2.16. The minimum Gasteiger partial charge on any atom is -0.497 e. The molecule has 5 heteroatoms. The normalized spacial score (nSPS) is 9.63. The van der Waals surface area contributed by atoms with Gasteiger partial charge in [-0.15, -0.1) is 0 Å². The van der Waals surface area contributed by atoms with Gasteiger partial charge in [0.2, 0.25) is 0 Å². The zero-order chi connectivity index (χ0) is 13.9. The van der Waals surface area contributed by atoms with Crippen LogP contribution in [0.15, 0.2) is 29.3 Å². The number of methoxy groups -OCH3 is 1. The number of hydrogen-bond acceptors (Lipinski definition) is 3. The Bertz CT molecular complexity index is 369. The van der Waals surface area contributed by atoms with Crippen LogP contribution in [0, 0.1) is 0 Å². The van der Waals surface area contributed by atoms with Gasteiger partial charge in [-0.1, -0.05) is 0 Å². The van der Waals surface area contributed by atoms with Crippen LogP contribution in [0.1, 0.15) is 13.8 Å². The summed E-state index contributed by atoms with van der Waals surface area (Å²) in [6, 6.07) is 7.53. The fourth-order valence-corrected chi connectivity index (χ4v) is 1.50. The molecule has 0 aliphatic carbocycles. The Balaban J connectivity index is 2.33. The van der Waals surface area contributed by atoms with Crippen molar-refractivity contribution in [3.8, 4) is 11.5 Å². The highest BCUT2D eigenvalue weighted by atomic mass is 16.5. The van der Waals surface area contributed by atoms with E-state index in [1.54, 1.807) is 7.11 Å². The van der Waals surface area contributed by atoms with Crippen LogP contribution >= 0.6 is 0 Å². The number of guanidine groups is 1. The van der Waals surface area contributed by atoms with Crippen molar-refractivity contribution in [2.45, 2.75) is 13.8 Å². The monoisotopic (exact) mass is 265 g/mol. The van der Waals surface area contributed by atoms with Crippen molar-refractivity contribution in [1.82, 2.24) is 10.6 Å². The van der Waals surface area contributed by atoms with E-state index in [1.807, 2.05) is 38.1 Å². The van der Waals surface area contributed by atoms with Crippen LogP contribution in [0.4, 0.5) is 0 Å². The van der Waals surface area contributed by atoms with Crippen LogP contribution in [0.2, 0.25) is 0 Å². The van der Waals surface area contributed by atoms with Crippen molar-refractivity contribution in [1.29, 1.82) is 0 Å². The van der Waals surface area contributed by atoms with Crippen molar-refractivity contribution in [3.05, 3.63) is 24.3 Å². The number of benzene rings is 1. The summed E-state index contributed by atoms with van der Waals surface area (Å²) in [4.78, 5) is 4.40. The third-order valence-corrected chi connectivity index (χ3v) is 2.38. The molecule has 0 spiro atoms. The first kappa shape index (κ1) is 15.1. The molecule has 1 aromatic carbocycles. The molecule has 0 saturated carbocycles. The molecule has 0 aromatic heterocycles. The molecule has 0 bridgehead atoms. The highest BCUT2D eigenvalue weighted by molar-refractivity contribution is 5.79. The molecule has 0 unspecified atom stereocenters. The van der Waals surface area contributed by atoms with Gasteiger partial charge in [0.05, 0.1) is 13.7 Å². The van der Waals surface area contributed by atoms with Crippen molar-refractivity contribution >= 4 is 5.96 Å². The lowest BCUT2D eigenvalue weighted by Crippen LogP contribution is -2.37. The molecule has 1 rings (SSSR count). The van der Waals surface area contributed by atoms with Crippen molar-refractivity contribution < 1.29 is 9.47 Å². The lowest BCUT2D eigenvalue weighted by Gasteiger charge is -2.09. The predicted octanol–water partition coefficient (Wildman–Crippen LogP) is 1.65. The fourth-order valence-electron chi connectivity index (χ4n) is 1.50. The van der Waals surface area contributed by atoms with Gasteiger partial charge in [0.15, 0.2) is 5.96 Å². The summed E-state index contributed by atoms with van der Waals surface area (Å²) >= 11 is 0. The van der Waals surface area contributed by atoms with E-state index in [0.29, 0.717) is 13.2 Å². The number of nitrogens with one attached hydrogen (secondary N) is 2. The van der Waals surface area contributed by atoms with Crippen LogP contribution in [0.25, 0.3) is 0 Å². The van der Waals surface area contributed by atoms with Crippen LogP contribution < -0.4 is 20.1 Å². The lowest BCUT2D eigenvalue weighted by atomic mass is 10.3. The van der Waals surface area contributed by atoms with Crippen molar-refractivity contribution in [2.75, 3.05) is 33.4 Å². The third kappa shape index (κ3) is 5.99. The van der Waals surface area contributed by atoms with E-state index in [1.165, 1.54) is 0 Å². The molecule has 106 valence electrons.